The van der Waals surface area contributed by atoms with E-state index in [1.807, 2.05) is 6.19 Å². The second-order valence-corrected chi connectivity index (χ2v) is 7.15. The van der Waals surface area contributed by atoms with Gasteiger partial charge in [0, 0.05) is 17.9 Å². The molecule has 3 rings (SSSR count). The zero-order chi connectivity index (χ0) is 15.5. The van der Waals surface area contributed by atoms with Crippen molar-refractivity contribution in [3.05, 3.63) is 11.0 Å². The van der Waals surface area contributed by atoms with E-state index < -0.39 is 5.95 Å². The van der Waals surface area contributed by atoms with Gasteiger partial charge < -0.3 is 10.6 Å². The summed E-state index contributed by atoms with van der Waals surface area (Å²) >= 11 is 1.27. The number of carbonyl (C=O) groups excluding carboxylic acids is 1. The molecular formula is C15H19FN4OS. The van der Waals surface area contributed by atoms with Gasteiger partial charge in [0.25, 0.3) is 0 Å². The lowest BCUT2D eigenvalue weighted by Crippen LogP contribution is -2.44. The van der Waals surface area contributed by atoms with Crippen molar-refractivity contribution >= 4 is 22.2 Å². The van der Waals surface area contributed by atoms with Crippen molar-refractivity contribution in [2.45, 2.75) is 56.9 Å². The lowest BCUT2D eigenvalue weighted by Gasteiger charge is -2.32. The molecule has 7 heteroatoms. The zero-order valence-electron chi connectivity index (χ0n) is 12.3. The van der Waals surface area contributed by atoms with Crippen LogP contribution in [0.3, 0.4) is 0 Å². The summed E-state index contributed by atoms with van der Waals surface area (Å²) in [5.41, 5.74) is 0. The Hall–Kier alpha value is -1.68. The number of nitrogens with one attached hydrogen (secondary N) is 2. The fourth-order valence-electron chi connectivity index (χ4n) is 3.17. The fraction of sp³-hybridized carbons (Fsp3) is 0.667. The number of anilines is 1. The van der Waals surface area contributed by atoms with E-state index in [4.69, 9.17) is 5.26 Å². The van der Waals surface area contributed by atoms with E-state index in [0.717, 1.165) is 17.8 Å². The summed E-state index contributed by atoms with van der Waals surface area (Å²) in [6.07, 6.45) is 8.82. The Balaban J connectivity index is 1.57. The van der Waals surface area contributed by atoms with Gasteiger partial charge in [0.2, 0.25) is 11.9 Å². The van der Waals surface area contributed by atoms with Gasteiger partial charge in [-0.1, -0.05) is 30.6 Å². The minimum Gasteiger partial charge on any atom is -0.321 e. The Kier molecular flexibility index (Phi) is 4.57. The molecule has 2 saturated carbocycles. The molecule has 0 aromatic carbocycles. The highest BCUT2D eigenvalue weighted by Crippen LogP contribution is 2.38. The predicted molar refractivity (Wildman–Crippen MR) is 81.8 cm³/mol. The van der Waals surface area contributed by atoms with Gasteiger partial charge in [-0.15, -0.1) is 0 Å². The first-order valence-corrected chi connectivity index (χ1v) is 8.60. The van der Waals surface area contributed by atoms with E-state index in [9.17, 15) is 9.18 Å². The molecule has 2 N–H and O–H groups in total. The molecule has 5 nitrogen and oxygen atoms in total. The number of rotatable bonds is 4. The Morgan fingerprint density at radius 3 is 2.73 bits per heavy atom. The Morgan fingerprint density at radius 1 is 1.32 bits per heavy atom. The topological polar surface area (TPSA) is 77.8 Å². The number of halogens is 1. The van der Waals surface area contributed by atoms with E-state index in [-0.39, 0.29) is 22.9 Å². The molecule has 1 amide bonds. The summed E-state index contributed by atoms with van der Waals surface area (Å²) in [7, 11) is 0. The zero-order valence-corrected chi connectivity index (χ0v) is 13.1. The van der Waals surface area contributed by atoms with Crippen molar-refractivity contribution in [1.29, 1.82) is 5.26 Å². The minimum atomic E-state index is -0.565. The van der Waals surface area contributed by atoms with Gasteiger partial charge in [0.05, 0.1) is 0 Å². The van der Waals surface area contributed by atoms with Crippen LogP contribution in [0.4, 0.5) is 9.39 Å². The van der Waals surface area contributed by atoms with Crippen LogP contribution in [-0.4, -0.2) is 16.9 Å². The van der Waals surface area contributed by atoms with Crippen molar-refractivity contribution in [3.8, 4) is 6.19 Å². The van der Waals surface area contributed by atoms with Crippen LogP contribution >= 0.6 is 11.3 Å². The maximum Gasteiger partial charge on any atom is 0.248 e. The Bertz CT molecular complexity index is 585. The molecule has 1 aromatic heterocycles. The van der Waals surface area contributed by atoms with Gasteiger partial charge in [0.15, 0.2) is 11.2 Å². The SMILES string of the molecule is N#CN[C@H]1C[C@H](C(=O)Nc2sc(C3CCCCC3)nc2F)C1. The second-order valence-electron chi connectivity index (χ2n) is 6.12. The van der Waals surface area contributed by atoms with Crippen LogP contribution in [0.2, 0.25) is 0 Å². The van der Waals surface area contributed by atoms with E-state index in [0.29, 0.717) is 18.8 Å². The molecule has 1 aromatic rings. The summed E-state index contributed by atoms with van der Waals surface area (Å²) in [5, 5.41) is 14.9. The highest BCUT2D eigenvalue weighted by atomic mass is 32.1. The van der Waals surface area contributed by atoms with Crippen molar-refractivity contribution in [2.75, 3.05) is 5.32 Å². The molecule has 0 bridgehead atoms. The molecule has 0 unspecified atom stereocenters. The van der Waals surface area contributed by atoms with Gasteiger partial charge in [-0.05, 0) is 25.7 Å². The van der Waals surface area contributed by atoms with Gasteiger partial charge in [-0.3, -0.25) is 4.79 Å². The molecule has 0 aliphatic heterocycles. The van der Waals surface area contributed by atoms with E-state index in [2.05, 4.69) is 15.6 Å². The second kappa shape index (κ2) is 6.61. The van der Waals surface area contributed by atoms with Crippen LogP contribution < -0.4 is 10.6 Å². The Labute approximate surface area is 132 Å². The summed E-state index contributed by atoms with van der Waals surface area (Å²) < 4.78 is 13.9. The quantitative estimate of drug-likeness (QED) is 0.659. The number of nitriles is 1. The maximum atomic E-state index is 13.9. The molecule has 2 aliphatic carbocycles. The summed E-state index contributed by atoms with van der Waals surface area (Å²) in [6, 6.07) is 0.0739. The highest BCUT2D eigenvalue weighted by Gasteiger charge is 2.35. The van der Waals surface area contributed by atoms with E-state index >= 15 is 0 Å². The summed E-state index contributed by atoms with van der Waals surface area (Å²) in [5.74, 6) is -0.545. The van der Waals surface area contributed by atoms with Crippen LogP contribution in [0, 0.1) is 23.3 Å². The number of thiazole rings is 1. The standard InChI is InChI=1S/C15H19FN4OS/c16-12-15(20-13(21)10-6-11(7-10)18-8-17)22-14(19-12)9-4-2-1-3-5-9/h9-11,18H,1-7H2,(H,20,21)/t10-,11-. The molecule has 0 saturated heterocycles. The van der Waals surface area contributed by atoms with Crippen LogP contribution in [-0.2, 0) is 4.79 Å². The molecular weight excluding hydrogens is 303 g/mol. The van der Waals surface area contributed by atoms with Gasteiger partial charge >= 0.3 is 0 Å². The lowest BCUT2D eigenvalue weighted by atomic mass is 9.80. The number of amides is 1. The monoisotopic (exact) mass is 322 g/mol. The maximum absolute atomic E-state index is 13.9. The summed E-state index contributed by atoms with van der Waals surface area (Å²) in [6.45, 7) is 0. The smallest absolute Gasteiger partial charge is 0.248 e. The minimum absolute atomic E-state index is 0.0739. The van der Waals surface area contributed by atoms with Gasteiger partial charge in [0.1, 0.15) is 5.01 Å². The van der Waals surface area contributed by atoms with Crippen LogP contribution in [0.1, 0.15) is 55.9 Å². The van der Waals surface area contributed by atoms with E-state index in [1.54, 1.807) is 0 Å². The first kappa shape index (κ1) is 15.2. The number of hydrogen-bond acceptors (Lipinski definition) is 5. The van der Waals surface area contributed by atoms with Crippen LogP contribution in [0.25, 0.3) is 0 Å². The first-order valence-electron chi connectivity index (χ1n) is 7.79. The third-order valence-corrected chi connectivity index (χ3v) is 5.68. The average molecular weight is 322 g/mol. The lowest BCUT2D eigenvalue weighted by molar-refractivity contribution is -0.122. The third kappa shape index (κ3) is 3.22. The van der Waals surface area contributed by atoms with Crippen LogP contribution in [0.15, 0.2) is 0 Å². The van der Waals surface area contributed by atoms with Crippen molar-refractivity contribution in [3.63, 3.8) is 0 Å². The number of carbonyl (C=O) groups is 1. The Morgan fingerprint density at radius 2 is 2.05 bits per heavy atom. The number of nitrogens with zero attached hydrogens (tertiary/aromatic N) is 2. The third-order valence-electron chi connectivity index (χ3n) is 4.57. The molecule has 0 atom stereocenters. The van der Waals surface area contributed by atoms with Gasteiger partial charge in [-0.25, -0.2) is 4.98 Å². The summed E-state index contributed by atoms with van der Waals surface area (Å²) in [4.78, 5) is 16.1. The molecule has 2 fully saturated rings. The largest absolute Gasteiger partial charge is 0.321 e. The number of aromatic nitrogens is 1. The van der Waals surface area contributed by atoms with Crippen molar-refractivity contribution in [2.24, 2.45) is 5.92 Å². The molecule has 22 heavy (non-hydrogen) atoms. The van der Waals surface area contributed by atoms with Crippen molar-refractivity contribution in [1.82, 2.24) is 10.3 Å². The van der Waals surface area contributed by atoms with Crippen LogP contribution in [0.5, 0.6) is 0 Å². The highest BCUT2D eigenvalue weighted by molar-refractivity contribution is 7.16. The fourth-order valence-corrected chi connectivity index (χ4v) is 4.19. The molecule has 1 heterocycles. The molecule has 118 valence electrons. The number of hydrogen-bond donors (Lipinski definition) is 2. The molecule has 0 radical (unpaired) electrons. The van der Waals surface area contributed by atoms with E-state index in [1.165, 1.54) is 30.6 Å². The molecule has 0 spiro atoms. The van der Waals surface area contributed by atoms with Gasteiger partial charge in [-0.2, -0.15) is 9.65 Å². The average Bonchev–Trinajstić information content (AvgIpc) is 2.84. The predicted octanol–water partition coefficient (Wildman–Crippen LogP) is 3.12. The van der Waals surface area contributed by atoms with Crippen molar-refractivity contribution < 1.29 is 9.18 Å². The normalized spacial score (nSPS) is 25.1. The first-order chi connectivity index (χ1) is 10.7. The molecule has 2 aliphatic rings.